The van der Waals surface area contributed by atoms with Gasteiger partial charge in [-0.05, 0) is 24.5 Å². The molecule has 1 unspecified atom stereocenters. The third kappa shape index (κ3) is 2.24. The van der Waals surface area contributed by atoms with Gasteiger partial charge in [-0.15, -0.1) is 0 Å². The smallest absolute Gasteiger partial charge is 0.0946 e. The summed E-state index contributed by atoms with van der Waals surface area (Å²) in [5, 5.41) is 13.6. The van der Waals surface area contributed by atoms with Crippen molar-refractivity contribution in [1.29, 1.82) is 0 Å². The fourth-order valence-corrected chi connectivity index (χ4v) is 2.96. The van der Waals surface area contributed by atoms with Gasteiger partial charge in [0.2, 0.25) is 0 Å². The number of nitrogens with zero attached hydrogens (tertiary/aromatic N) is 3. The maximum atomic E-state index is 9.35. The molecule has 0 aliphatic heterocycles. The second kappa shape index (κ2) is 5.05. The summed E-state index contributed by atoms with van der Waals surface area (Å²) in [6.45, 7) is 0.769. The van der Waals surface area contributed by atoms with Crippen LogP contribution in [0.5, 0.6) is 0 Å². The molecule has 1 heterocycles. The van der Waals surface area contributed by atoms with Crippen LogP contribution in [-0.2, 0) is 13.0 Å². The van der Waals surface area contributed by atoms with E-state index in [9.17, 15) is 5.21 Å². The van der Waals surface area contributed by atoms with Crippen LogP contribution in [0.15, 0.2) is 42.1 Å². The van der Waals surface area contributed by atoms with Gasteiger partial charge in [0.25, 0.3) is 0 Å². The van der Waals surface area contributed by atoms with Crippen LogP contribution in [0.2, 0.25) is 5.02 Å². The second-order valence-corrected chi connectivity index (χ2v) is 5.15. The van der Waals surface area contributed by atoms with Crippen molar-refractivity contribution < 1.29 is 5.21 Å². The molecule has 0 saturated heterocycles. The Bertz CT molecular complexity index is 607. The van der Waals surface area contributed by atoms with E-state index >= 15 is 0 Å². The minimum atomic E-state index is 0.185. The summed E-state index contributed by atoms with van der Waals surface area (Å²) in [6.07, 6.45) is 7.29. The molecule has 1 aromatic carbocycles. The van der Waals surface area contributed by atoms with Crippen molar-refractivity contribution in [2.45, 2.75) is 19.4 Å². The molecule has 1 aliphatic carbocycles. The molecular formula is C14H14ClN3O. The van der Waals surface area contributed by atoms with Crippen LogP contribution in [0.25, 0.3) is 0 Å². The molecule has 0 fully saturated rings. The summed E-state index contributed by atoms with van der Waals surface area (Å²) in [7, 11) is 0. The van der Waals surface area contributed by atoms with Gasteiger partial charge in [0, 0.05) is 35.4 Å². The largest absolute Gasteiger partial charge is 0.411 e. The second-order valence-electron chi connectivity index (χ2n) is 4.75. The number of fused-ring (bicyclic) bond motifs is 1. The molecule has 1 N–H and O–H groups in total. The number of hydrogen-bond acceptors (Lipinski definition) is 3. The Labute approximate surface area is 116 Å². The molecule has 19 heavy (non-hydrogen) atoms. The van der Waals surface area contributed by atoms with Crippen molar-refractivity contribution in [2.75, 3.05) is 0 Å². The standard InChI is InChI=1S/C14H14ClN3O/c15-13-3-1-2-12-11(13)5-4-10(14(12)17-19)8-18-7-6-16-9-18/h1-3,6-7,9-10,19H,4-5,8H2/b17-14+. The summed E-state index contributed by atoms with van der Waals surface area (Å²) in [6, 6.07) is 5.74. The van der Waals surface area contributed by atoms with Crippen LogP contribution in [0.4, 0.5) is 0 Å². The number of oxime groups is 1. The molecule has 1 aromatic heterocycles. The number of hydrogen-bond donors (Lipinski definition) is 1. The van der Waals surface area contributed by atoms with E-state index in [-0.39, 0.29) is 5.92 Å². The minimum Gasteiger partial charge on any atom is -0.411 e. The summed E-state index contributed by atoms with van der Waals surface area (Å²) in [4.78, 5) is 4.04. The van der Waals surface area contributed by atoms with Gasteiger partial charge in [0.15, 0.2) is 0 Å². The van der Waals surface area contributed by atoms with Gasteiger partial charge >= 0.3 is 0 Å². The Balaban J connectivity index is 1.94. The first-order valence-corrected chi connectivity index (χ1v) is 6.63. The first-order chi connectivity index (χ1) is 9.29. The average Bonchev–Trinajstić information content (AvgIpc) is 2.92. The van der Waals surface area contributed by atoms with Gasteiger partial charge in [-0.2, -0.15) is 0 Å². The van der Waals surface area contributed by atoms with Crippen molar-refractivity contribution in [3.63, 3.8) is 0 Å². The number of imidazole rings is 1. The summed E-state index contributed by atoms with van der Waals surface area (Å²) < 4.78 is 2.01. The molecule has 0 amide bonds. The van der Waals surface area contributed by atoms with Crippen LogP contribution < -0.4 is 0 Å². The van der Waals surface area contributed by atoms with E-state index in [4.69, 9.17) is 11.6 Å². The molecule has 0 spiro atoms. The monoisotopic (exact) mass is 275 g/mol. The highest BCUT2D eigenvalue weighted by Gasteiger charge is 2.27. The molecule has 1 atom stereocenters. The van der Waals surface area contributed by atoms with E-state index in [1.165, 1.54) is 0 Å². The first kappa shape index (κ1) is 12.2. The lowest BCUT2D eigenvalue weighted by molar-refractivity contribution is 0.312. The van der Waals surface area contributed by atoms with E-state index in [0.29, 0.717) is 0 Å². The highest BCUT2D eigenvalue weighted by atomic mass is 35.5. The maximum Gasteiger partial charge on any atom is 0.0946 e. The van der Waals surface area contributed by atoms with E-state index in [1.807, 2.05) is 29.0 Å². The zero-order valence-corrected chi connectivity index (χ0v) is 11.1. The highest BCUT2D eigenvalue weighted by molar-refractivity contribution is 6.32. The summed E-state index contributed by atoms with van der Waals surface area (Å²) in [5.74, 6) is 0.185. The Morgan fingerprint density at radius 2 is 2.37 bits per heavy atom. The van der Waals surface area contributed by atoms with E-state index in [0.717, 1.165) is 41.2 Å². The van der Waals surface area contributed by atoms with Crippen LogP contribution in [0.3, 0.4) is 0 Å². The molecule has 0 radical (unpaired) electrons. The van der Waals surface area contributed by atoms with Gasteiger partial charge in [-0.3, -0.25) is 0 Å². The van der Waals surface area contributed by atoms with Crippen molar-refractivity contribution in [1.82, 2.24) is 9.55 Å². The van der Waals surface area contributed by atoms with E-state index in [1.54, 1.807) is 12.5 Å². The molecular weight excluding hydrogens is 262 g/mol. The van der Waals surface area contributed by atoms with Crippen molar-refractivity contribution in [3.05, 3.63) is 53.1 Å². The lowest BCUT2D eigenvalue weighted by Gasteiger charge is -2.26. The van der Waals surface area contributed by atoms with Gasteiger partial charge in [0.1, 0.15) is 0 Å². The highest BCUT2D eigenvalue weighted by Crippen LogP contribution is 2.31. The molecule has 0 bridgehead atoms. The molecule has 5 heteroatoms. The molecule has 3 rings (SSSR count). The van der Waals surface area contributed by atoms with E-state index in [2.05, 4.69) is 10.1 Å². The fourth-order valence-electron chi connectivity index (χ4n) is 2.69. The van der Waals surface area contributed by atoms with Gasteiger partial charge < -0.3 is 9.77 Å². The third-order valence-corrected chi connectivity index (χ3v) is 3.98. The first-order valence-electron chi connectivity index (χ1n) is 6.25. The Morgan fingerprint density at radius 3 is 3.11 bits per heavy atom. The van der Waals surface area contributed by atoms with Gasteiger partial charge in [0.05, 0.1) is 12.0 Å². The lowest BCUT2D eigenvalue weighted by atomic mass is 9.82. The fraction of sp³-hybridized carbons (Fsp3) is 0.286. The van der Waals surface area contributed by atoms with Crippen LogP contribution in [-0.4, -0.2) is 20.5 Å². The zero-order chi connectivity index (χ0) is 13.2. The van der Waals surface area contributed by atoms with Crippen LogP contribution in [0.1, 0.15) is 17.5 Å². The summed E-state index contributed by atoms with van der Waals surface area (Å²) >= 11 is 6.20. The van der Waals surface area contributed by atoms with Crippen molar-refractivity contribution in [2.24, 2.45) is 11.1 Å². The van der Waals surface area contributed by atoms with Gasteiger partial charge in [-0.1, -0.05) is 28.9 Å². The molecule has 0 saturated carbocycles. The number of rotatable bonds is 2. The topological polar surface area (TPSA) is 50.4 Å². The third-order valence-electron chi connectivity index (χ3n) is 3.62. The minimum absolute atomic E-state index is 0.185. The normalized spacial score (nSPS) is 20.5. The van der Waals surface area contributed by atoms with E-state index < -0.39 is 0 Å². The van der Waals surface area contributed by atoms with Gasteiger partial charge in [-0.25, -0.2) is 4.98 Å². The quantitative estimate of drug-likeness (QED) is 0.677. The Hall–Kier alpha value is -1.81. The predicted molar refractivity (Wildman–Crippen MR) is 73.8 cm³/mol. The van der Waals surface area contributed by atoms with Crippen LogP contribution in [0, 0.1) is 5.92 Å². The van der Waals surface area contributed by atoms with Crippen molar-refractivity contribution in [3.8, 4) is 0 Å². The summed E-state index contributed by atoms with van der Waals surface area (Å²) in [5.41, 5.74) is 2.77. The average molecular weight is 276 g/mol. The van der Waals surface area contributed by atoms with Crippen molar-refractivity contribution >= 4 is 17.3 Å². The molecule has 4 nitrogen and oxygen atoms in total. The lowest BCUT2D eigenvalue weighted by Crippen LogP contribution is -2.27. The number of aromatic nitrogens is 2. The molecule has 2 aromatic rings. The van der Waals surface area contributed by atoms with Crippen LogP contribution >= 0.6 is 11.6 Å². The maximum absolute atomic E-state index is 9.35. The SMILES string of the molecule is O/N=C1/c2cccc(Cl)c2CCC1Cn1ccnc1. The molecule has 98 valence electrons. The zero-order valence-electron chi connectivity index (χ0n) is 10.3. The number of halogens is 1. The predicted octanol–water partition coefficient (Wildman–Crippen LogP) is 2.98. The Kier molecular flexibility index (Phi) is 3.25. The Morgan fingerprint density at radius 1 is 1.47 bits per heavy atom. The number of benzene rings is 1. The molecule has 1 aliphatic rings.